The fourth-order valence-corrected chi connectivity index (χ4v) is 4.12. The normalized spacial score (nSPS) is 17.6. The average Bonchev–Trinajstić information content (AvgIpc) is 2.85. The Morgan fingerprint density at radius 3 is 2.14 bits per heavy atom. The number of rotatable bonds is 7. The largest absolute Gasteiger partial charge is 0.423 e. The van der Waals surface area contributed by atoms with E-state index in [1.807, 2.05) is 6.92 Å². The summed E-state index contributed by atoms with van der Waals surface area (Å²) < 4.78 is 100. The van der Waals surface area contributed by atoms with Crippen LogP contribution in [0.5, 0.6) is 5.75 Å². The van der Waals surface area contributed by atoms with Crippen LogP contribution in [-0.4, -0.2) is 25.8 Å². The zero-order chi connectivity index (χ0) is 26.7. The van der Waals surface area contributed by atoms with Gasteiger partial charge in [0.25, 0.3) is 0 Å². The van der Waals surface area contributed by atoms with Crippen molar-refractivity contribution in [2.75, 3.05) is 19.8 Å². The van der Waals surface area contributed by atoms with Gasteiger partial charge in [-0.1, -0.05) is 0 Å². The molecule has 4 nitrogen and oxygen atoms in total. The van der Waals surface area contributed by atoms with Gasteiger partial charge in [0.15, 0.2) is 17.5 Å². The third-order valence-electron chi connectivity index (χ3n) is 6.01. The molecule has 0 amide bonds. The summed E-state index contributed by atoms with van der Waals surface area (Å²) in [7, 11) is 0. The molecular weight excluding hydrogens is 502 g/mol. The first-order valence-corrected chi connectivity index (χ1v) is 11.5. The minimum Gasteiger partial charge on any atom is -0.423 e. The molecule has 0 aliphatic carbocycles. The molecule has 1 fully saturated rings. The highest BCUT2D eigenvalue weighted by atomic mass is 19.2. The van der Waals surface area contributed by atoms with E-state index in [2.05, 4.69) is 0 Å². The van der Waals surface area contributed by atoms with Crippen molar-refractivity contribution < 1.29 is 45.3 Å². The summed E-state index contributed by atoms with van der Waals surface area (Å²) in [5.41, 5.74) is -1.35. The van der Waals surface area contributed by atoms with Gasteiger partial charge in [-0.25, -0.2) is 31.1 Å². The first kappa shape index (κ1) is 26.7. The van der Waals surface area contributed by atoms with E-state index < -0.39 is 58.3 Å². The van der Waals surface area contributed by atoms with Gasteiger partial charge in [0.2, 0.25) is 0 Å². The van der Waals surface area contributed by atoms with E-state index in [0.29, 0.717) is 44.4 Å². The number of carbonyl (C=O) groups excluding carboxylic acids is 1. The highest BCUT2D eigenvalue weighted by Gasteiger charge is 2.27. The van der Waals surface area contributed by atoms with Crippen LogP contribution < -0.4 is 4.74 Å². The zero-order valence-corrected chi connectivity index (χ0v) is 19.6. The van der Waals surface area contributed by atoms with Crippen LogP contribution in [0.1, 0.15) is 41.8 Å². The van der Waals surface area contributed by atoms with E-state index in [9.17, 15) is 31.1 Å². The summed E-state index contributed by atoms with van der Waals surface area (Å²) >= 11 is 0. The Labute approximate surface area is 208 Å². The zero-order valence-electron chi connectivity index (χ0n) is 19.6. The molecule has 0 aromatic heterocycles. The van der Waals surface area contributed by atoms with Gasteiger partial charge in [-0.2, -0.15) is 0 Å². The van der Waals surface area contributed by atoms with Gasteiger partial charge in [-0.15, -0.1) is 0 Å². The Hall–Kier alpha value is -3.37. The summed E-state index contributed by atoms with van der Waals surface area (Å²) in [5, 5.41) is 0. The third-order valence-corrected chi connectivity index (χ3v) is 6.01. The smallest absolute Gasteiger partial charge is 0.349 e. The Morgan fingerprint density at radius 1 is 0.892 bits per heavy atom. The van der Waals surface area contributed by atoms with Crippen molar-refractivity contribution in [1.82, 2.24) is 0 Å². The van der Waals surface area contributed by atoms with Gasteiger partial charge in [0.1, 0.15) is 28.8 Å². The maximum Gasteiger partial charge on any atom is 0.349 e. The highest BCUT2D eigenvalue weighted by Crippen LogP contribution is 2.33. The lowest BCUT2D eigenvalue weighted by Crippen LogP contribution is -2.25. The fraction of sp³-hybridized carbons (Fsp3) is 0.296. The number of esters is 1. The average molecular weight is 524 g/mol. The molecule has 1 aliphatic rings. The molecule has 196 valence electrons. The number of halogens is 6. The van der Waals surface area contributed by atoms with Crippen LogP contribution in [0.3, 0.4) is 0 Å². The molecule has 3 aromatic carbocycles. The Kier molecular flexibility index (Phi) is 8.19. The van der Waals surface area contributed by atoms with Gasteiger partial charge >= 0.3 is 5.97 Å². The summed E-state index contributed by atoms with van der Waals surface area (Å²) in [6, 6.07) is 5.98. The molecule has 0 bridgehead atoms. The summed E-state index contributed by atoms with van der Waals surface area (Å²) in [5.74, 6) is -9.76. The Bertz CT molecular complexity index is 1260. The molecule has 0 radical (unpaired) electrons. The maximum atomic E-state index is 14.7. The van der Waals surface area contributed by atoms with Gasteiger partial charge in [0.05, 0.1) is 19.3 Å². The van der Waals surface area contributed by atoms with Crippen molar-refractivity contribution in [3.63, 3.8) is 0 Å². The molecule has 1 aliphatic heterocycles. The minimum atomic E-state index is -1.70. The molecule has 3 aromatic rings. The van der Waals surface area contributed by atoms with E-state index in [1.165, 1.54) is 0 Å². The second kappa shape index (κ2) is 11.4. The molecule has 2 unspecified atom stereocenters. The first-order valence-electron chi connectivity index (χ1n) is 11.5. The molecule has 0 saturated carbocycles. The Morgan fingerprint density at radius 2 is 1.57 bits per heavy atom. The van der Waals surface area contributed by atoms with Crippen LogP contribution in [0.2, 0.25) is 0 Å². The van der Waals surface area contributed by atoms with E-state index >= 15 is 0 Å². The standard InChI is InChI=1S/C27H22F6O4/c1-2-35-12-14-3-6-24(36-13-14)16-9-20(29)25(21(30)10-16)27(34)37-17-4-5-18(19(28)11-17)15-7-22(31)26(33)23(32)8-15/h4-5,7-11,14,24H,2-3,6,12-13H2,1H3. The molecule has 1 saturated heterocycles. The van der Waals surface area contributed by atoms with Crippen LogP contribution in [0.4, 0.5) is 26.3 Å². The van der Waals surface area contributed by atoms with Crippen molar-refractivity contribution in [2.45, 2.75) is 25.9 Å². The second-order valence-electron chi connectivity index (χ2n) is 8.57. The Balaban J connectivity index is 1.47. The lowest BCUT2D eigenvalue weighted by atomic mass is 9.94. The fourth-order valence-electron chi connectivity index (χ4n) is 4.12. The topological polar surface area (TPSA) is 44.8 Å². The molecule has 0 N–H and O–H groups in total. The van der Waals surface area contributed by atoms with Crippen LogP contribution in [0.25, 0.3) is 11.1 Å². The van der Waals surface area contributed by atoms with Crippen molar-refractivity contribution in [1.29, 1.82) is 0 Å². The number of hydrogen-bond donors (Lipinski definition) is 0. The van der Waals surface area contributed by atoms with Crippen molar-refractivity contribution in [3.05, 3.63) is 88.5 Å². The lowest BCUT2D eigenvalue weighted by Gasteiger charge is -2.29. The predicted octanol–water partition coefficient (Wildman–Crippen LogP) is 6.91. The van der Waals surface area contributed by atoms with E-state index in [-0.39, 0.29) is 22.6 Å². The molecule has 10 heteroatoms. The summed E-state index contributed by atoms with van der Waals surface area (Å²) in [6.45, 7) is 3.37. The van der Waals surface area contributed by atoms with Crippen LogP contribution in [-0.2, 0) is 9.47 Å². The van der Waals surface area contributed by atoms with Crippen LogP contribution >= 0.6 is 0 Å². The third kappa shape index (κ3) is 5.97. The summed E-state index contributed by atoms with van der Waals surface area (Å²) in [4.78, 5) is 12.5. The quantitative estimate of drug-likeness (QED) is 0.146. The van der Waals surface area contributed by atoms with Gasteiger partial charge in [0, 0.05) is 24.2 Å². The van der Waals surface area contributed by atoms with Crippen LogP contribution in [0, 0.1) is 40.8 Å². The molecule has 0 spiro atoms. The minimum absolute atomic E-state index is 0.188. The van der Waals surface area contributed by atoms with Crippen molar-refractivity contribution >= 4 is 5.97 Å². The van der Waals surface area contributed by atoms with Gasteiger partial charge < -0.3 is 14.2 Å². The number of benzene rings is 3. The van der Waals surface area contributed by atoms with E-state index in [1.54, 1.807) is 0 Å². The van der Waals surface area contributed by atoms with Gasteiger partial charge in [-0.05, 0) is 67.3 Å². The predicted molar refractivity (Wildman–Crippen MR) is 121 cm³/mol. The van der Waals surface area contributed by atoms with E-state index in [0.717, 1.165) is 30.7 Å². The second-order valence-corrected chi connectivity index (χ2v) is 8.57. The number of carbonyl (C=O) groups is 1. The molecule has 1 heterocycles. The van der Waals surface area contributed by atoms with Gasteiger partial charge in [-0.3, -0.25) is 0 Å². The SMILES string of the molecule is CCOCC1CCC(c2cc(F)c(C(=O)Oc3ccc(-c4cc(F)c(F)c(F)c4)c(F)c3)c(F)c2)OC1. The highest BCUT2D eigenvalue weighted by molar-refractivity contribution is 5.91. The molecule has 2 atom stereocenters. The van der Waals surface area contributed by atoms with Crippen molar-refractivity contribution in [2.24, 2.45) is 5.92 Å². The monoisotopic (exact) mass is 524 g/mol. The number of ether oxygens (including phenoxy) is 3. The molecule has 37 heavy (non-hydrogen) atoms. The van der Waals surface area contributed by atoms with E-state index in [4.69, 9.17) is 14.2 Å². The first-order chi connectivity index (χ1) is 17.7. The molecule has 4 rings (SSSR count). The molecular formula is C27H22F6O4. The van der Waals surface area contributed by atoms with Crippen LogP contribution in [0.15, 0.2) is 42.5 Å². The number of hydrogen-bond acceptors (Lipinski definition) is 4. The lowest BCUT2D eigenvalue weighted by molar-refractivity contribution is -0.0423. The van der Waals surface area contributed by atoms with Crippen molar-refractivity contribution in [3.8, 4) is 16.9 Å². The maximum absolute atomic E-state index is 14.7. The summed E-state index contributed by atoms with van der Waals surface area (Å²) in [6.07, 6.45) is 0.722.